The van der Waals surface area contributed by atoms with Gasteiger partial charge < -0.3 is 0 Å². The van der Waals surface area contributed by atoms with Gasteiger partial charge in [0, 0.05) is 24.5 Å². The molecule has 1 amide bonds. The van der Waals surface area contributed by atoms with Crippen LogP contribution in [0.2, 0.25) is 0 Å². The molecule has 0 aliphatic heterocycles. The first-order valence-electron chi connectivity index (χ1n) is 7.05. The number of carbonyl (C=O) groups is 1. The van der Waals surface area contributed by atoms with E-state index in [9.17, 15) is 4.79 Å². The second-order valence-electron chi connectivity index (χ2n) is 4.88. The topological polar surface area (TPSA) is 88.5 Å². The molecule has 0 spiro atoms. The summed E-state index contributed by atoms with van der Waals surface area (Å²) in [5, 5.41) is 10.3. The molecule has 3 aromatic rings. The Kier molecular flexibility index (Phi) is 4.63. The molecule has 122 valence electrons. The minimum Gasteiger partial charge on any atom is -0.298 e. The monoisotopic (exact) mass is 358 g/mol. The Balaban J connectivity index is 1.90. The van der Waals surface area contributed by atoms with Crippen molar-refractivity contribution in [2.24, 2.45) is 0 Å². The standard InChI is InChI=1S/C15H14N6OS2/c1-3-8-21-12(19-20-15(21)23)11-9(2)17-14(24-11)18-13(22)10-4-6-16-7-5-10/h3-7H,1,8H2,2H3,(H,20,23)(H,17,18,22). The lowest BCUT2D eigenvalue weighted by Crippen LogP contribution is -2.11. The van der Waals surface area contributed by atoms with Gasteiger partial charge in [0.25, 0.3) is 5.91 Å². The van der Waals surface area contributed by atoms with Crippen LogP contribution in [-0.4, -0.2) is 30.6 Å². The Bertz CT molecular complexity index is 941. The fourth-order valence-electron chi connectivity index (χ4n) is 2.12. The summed E-state index contributed by atoms with van der Waals surface area (Å²) in [6.07, 6.45) is 4.89. The number of aryl methyl sites for hydroxylation is 1. The van der Waals surface area contributed by atoms with E-state index in [1.807, 2.05) is 11.5 Å². The predicted octanol–water partition coefficient (Wildman–Crippen LogP) is 3.21. The first-order valence-corrected chi connectivity index (χ1v) is 8.28. The molecule has 3 heterocycles. The van der Waals surface area contributed by atoms with Gasteiger partial charge >= 0.3 is 0 Å². The van der Waals surface area contributed by atoms with Crippen molar-refractivity contribution in [1.82, 2.24) is 24.7 Å². The molecular formula is C15H14N6OS2. The summed E-state index contributed by atoms with van der Waals surface area (Å²) in [6, 6.07) is 3.29. The van der Waals surface area contributed by atoms with Crippen molar-refractivity contribution < 1.29 is 4.79 Å². The number of amides is 1. The van der Waals surface area contributed by atoms with E-state index in [1.165, 1.54) is 11.3 Å². The van der Waals surface area contributed by atoms with Crippen LogP contribution in [0, 0.1) is 11.7 Å². The molecule has 0 aromatic carbocycles. The van der Waals surface area contributed by atoms with E-state index in [0.29, 0.717) is 27.8 Å². The smallest absolute Gasteiger partial charge is 0.257 e. The third-order valence-electron chi connectivity index (χ3n) is 3.23. The fourth-order valence-corrected chi connectivity index (χ4v) is 3.29. The normalized spacial score (nSPS) is 10.5. The van der Waals surface area contributed by atoms with E-state index in [2.05, 4.69) is 32.1 Å². The molecule has 3 rings (SSSR count). The molecule has 7 nitrogen and oxygen atoms in total. The van der Waals surface area contributed by atoms with Gasteiger partial charge in [0.1, 0.15) is 0 Å². The number of nitrogens with zero attached hydrogens (tertiary/aromatic N) is 4. The van der Waals surface area contributed by atoms with Crippen LogP contribution in [0.5, 0.6) is 0 Å². The zero-order valence-corrected chi connectivity index (χ0v) is 14.4. The van der Waals surface area contributed by atoms with Gasteiger partial charge in [-0.05, 0) is 31.3 Å². The number of allylic oxidation sites excluding steroid dienone is 1. The van der Waals surface area contributed by atoms with Gasteiger partial charge in [0.05, 0.1) is 10.6 Å². The number of nitrogens with one attached hydrogen (secondary N) is 2. The molecule has 2 N–H and O–H groups in total. The average molecular weight is 358 g/mol. The van der Waals surface area contributed by atoms with Crippen LogP contribution in [0.15, 0.2) is 37.2 Å². The molecule has 0 aliphatic rings. The largest absolute Gasteiger partial charge is 0.298 e. The zero-order valence-electron chi connectivity index (χ0n) is 12.8. The van der Waals surface area contributed by atoms with E-state index >= 15 is 0 Å². The van der Waals surface area contributed by atoms with Crippen molar-refractivity contribution in [3.8, 4) is 10.7 Å². The van der Waals surface area contributed by atoms with Gasteiger partial charge in [-0.3, -0.25) is 24.8 Å². The van der Waals surface area contributed by atoms with Crippen LogP contribution in [-0.2, 0) is 6.54 Å². The van der Waals surface area contributed by atoms with Crippen LogP contribution < -0.4 is 5.32 Å². The minimum atomic E-state index is -0.234. The lowest BCUT2D eigenvalue weighted by molar-refractivity contribution is 0.102. The van der Waals surface area contributed by atoms with Crippen molar-refractivity contribution >= 4 is 34.6 Å². The SMILES string of the molecule is C=CCn1c(-c2sc(NC(=O)c3ccncc3)nc2C)n[nH]c1=S. The third-order valence-corrected chi connectivity index (χ3v) is 4.61. The first kappa shape index (κ1) is 16.2. The number of rotatable bonds is 5. The van der Waals surface area contributed by atoms with E-state index in [0.717, 1.165) is 10.6 Å². The number of H-pyrrole nitrogens is 1. The quantitative estimate of drug-likeness (QED) is 0.540. The number of pyridine rings is 1. The number of hydrogen-bond acceptors (Lipinski definition) is 6. The molecule has 0 fully saturated rings. The maximum absolute atomic E-state index is 12.2. The van der Waals surface area contributed by atoms with Crippen molar-refractivity contribution in [2.75, 3.05) is 5.32 Å². The van der Waals surface area contributed by atoms with Gasteiger partial charge in [-0.25, -0.2) is 4.98 Å². The highest BCUT2D eigenvalue weighted by Gasteiger charge is 2.17. The molecule has 0 radical (unpaired) electrons. The van der Waals surface area contributed by atoms with E-state index < -0.39 is 0 Å². The number of aromatic nitrogens is 5. The Labute approximate surface area is 147 Å². The second kappa shape index (κ2) is 6.85. The summed E-state index contributed by atoms with van der Waals surface area (Å²) < 4.78 is 2.34. The van der Waals surface area contributed by atoms with Gasteiger partial charge in [-0.15, -0.1) is 6.58 Å². The van der Waals surface area contributed by atoms with Crippen molar-refractivity contribution in [3.63, 3.8) is 0 Å². The number of carbonyl (C=O) groups excluding carboxylic acids is 1. The summed E-state index contributed by atoms with van der Waals surface area (Å²) >= 11 is 6.57. The summed E-state index contributed by atoms with van der Waals surface area (Å²) in [7, 11) is 0. The summed E-state index contributed by atoms with van der Waals surface area (Å²) in [4.78, 5) is 21.4. The second-order valence-corrected chi connectivity index (χ2v) is 6.26. The van der Waals surface area contributed by atoms with E-state index in [4.69, 9.17) is 12.2 Å². The lowest BCUT2D eigenvalue weighted by atomic mass is 10.2. The van der Waals surface area contributed by atoms with Crippen LogP contribution in [0.25, 0.3) is 10.7 Å². The van der Waals surface area contributed by atoms with E-state index in [1.54, 1.807) is 30.6 Å². The molecule has 3 aromatic heterocycles. The van der Waals surface area contributed by atoms with E-state index in [-0.39, 0.29) is 5.91 Å². The highest BCUT2D eigenvalue weighted by atomic mass is 32.1. The number of thiazole rings is 1. The Morgan fingerprint density at radius 3 is 2.96 bits per heavy atom. The van der Waals surface area contributed by atoms with Crippen LogP contribution >= 0.6 is 23.6 Å². The van der Waals surface area contributed by atoms with Crippen molar-refractivity contribution in [2.45, 2.75) is 13.5 Å². The summed E-state index contributed by atoms with van der Waals surface area (Å²) in [5.41, 5.74) is 1.29. The van der Waals surface area contributed by atoms with Crippen LogP contribution in [0.3, 0.4) is 0 Å². The maximum atomic E-state index is 12.2. The molecule has 9 heteroatoms. The number of anilines is 1. The molecule has 0 saturated heterocycles. The predicted molar refractivity (Wildman–Crippen MR) is 95.6 cm³/mol. The number of aromatic amines is 1. The van der Waals surface area contributed by atoms with Crippen molar-refractivity contribution in [1.29, 1.82) is 0 Å². The van der Waals surface area contributed by atoms with Crippen LogP contribution in [0.4, 0.5) is 5.13 Å². The molecule has 0 aliphatic carbocycles. The molecule has 24 heavy (non-hydrogen) atoms. The molecule has 0 atom stereocenters. The lowest BCUT2D eigenvalue weighted by Gasteiger charge is -2.01. The van der Waals surface area contributed by atoms with Gasteiger partial charge in [-0.1, -0.05) is 17.4 Å². The third kappa shape index (κ3) is 3.17. The first-order chi connectivity index (χ1) is 11.6. The molecule has 0 saturated carbocycles. The van der Waals surface area contributed by atoms with Crippen LogP contribution in [0.1, 0.15) is 16.1 Å². The highest BCUT2D eigenvalue weighted by molar-refractivity contribution is 7.71. The molecule has 0 unspecified atom stereocenters. The average Bonchev–Trinajstić information content (AvgIpc) is 3.12. The summed E-state index contributed by atoms with van der Waals surface area (Å²) in [5.74, 6) is 0.446. The minimum absolute atomic E-state index is 0.234. The number of hydrogen-bond donors (Lipinski definition) is 2. The van der Waals surface area contributed by atoms with Crippen molar-refractivity contribution in [3.05, 3.63) is 53.2 Å². The van der Waals surface area contributed by atoms with Gasteiger partial charge in [-0.2, -0.15) is 5.10 Å². The summed E-state index contributed by atoms with van der Waals surface area (Å²) in [6.45, 7) is 6.14. The molecular weight excluding hydrogens is 344 g/mol. The maximum Gasteiger partial charge on any atom is 0.257 e. The Morgan fingerprint density at radius 2 is 2.25 bits per heavy atom. The Morgan fingerprint density at radius 1 is 1.50 bits per heavy atom. The van der Waals surface area contributed by atoms with Gasteiger partial charge in [0.15, 0.2) is 15.7 Å². The molecule has 0 bridgehead atoms. The highest BCUT2D eigenvalue weighted by Crippen LogP contribution is 2.31. The fraction of sp³-hybridized carbons (Fsp3) is 0.133. The zero-order chi connectivity index (χ0) is 17.1. The Hall–Kier alpha value is -2.65. The van der Waals surface area contributed by atoms with Gasteiger partial charge in [0.2, 0.25) is 0 Å².